The molecule has 0 bridgehead atoms. The third-order valence-electron chi connectivity index (χ3n) is 21.1. The minimum Gasteiger partial charge on any atom is -0.462 e. The summed E-state index contributed by atoms with van der Waals surface area (Å²) in [5.41, 5.74) is 0. The Kier molecular flexibility index (Phi) is 84.6. The molecule has 0 aromatic rings. The van der Waals surface area contributed by atoms with Gasteiger partial charge in [0, 0.05) is 12.8 Å². The largest absolute Gasteiger partial charge is 0.462 e. The molecule has 0 radical (unpaired) electrons. The lowest BCUT2D eigenvalue weighted by atomic mass is 10.0. The minimum absolute atomic E-state index is 0.0557. The Morgan fingerprint density at radius 2 is 0.394 bits per heavy atom. The van der Waals surface area contributed by atoms with Crippen LogP contribution in [-0.4, -0.2) is 36.4 Å². The van der Waals surface area contributed by atoms with Crippen molar-refractivity contribution < 1.29 is 24.2 Å². The smallest absolute Gasteiger partial charge is 0.306 e. The topological polar surface area (TPSA) is 72.8 Å². The van der Waals surface area contributed by atoms with Crippen molar-refractivity contribution in [3.8, 4) is 0 Å². The van der Waals surface area contributed by atoms with E-state index in [1.54, 1.807) is 0 Å². The van der Waals surface area contributed by atoms with Crippen LogP contribution in [0.25, 0.3) is 0 Å². The van der Waals surface area contributed by atoms with Gasteiger partial charge in [-0.05, 0) is 38.5 Å². The summed E-state index contributed by atoms with van der Waals surface area (Å²) in [5.74, 6) is -0.555. The number of carbonyl (C=O) groups excluding carboxylic acids is 2. The van der Waals surface area contributed by atoms with Gasteiger partial charge in [0.2, 0.25) is 0 Å². The fourth-order valence-corrected chi connectivity index (χ4v) is 14.4. The number of ether oxygens (including phenoxy) is 2. The van der Waals surface area contributed by atoms with E-state index >= 15 is 0 Å². The molecule has 1 N–H and O–H groups in total. The fourth-order valence-electron chi connectivity index (χ4n) is 14.4. The van der Waals surface area contributed by atoms with Gasteiger partial charge >= 0.3 is 11.9 Å². The zero-order chi connectivity index (χ0) is 67.5. The van der Waals surface area contributed by atoms with Crippen molar-refractivity contribution >= 4 is 11.9 Å². The molecule has 0 spiro atoms. The first-order valence-electron chi connectivity index (χ1n) is 44.2. The fraction of sp³-hybridized carbons (Fsp3) is 0.955. The molecular formula is C89H174O5. The molecule has 560 valence electrons. The van der Waals surface area contributed by atoms with Gasteiger partial charge in [-0.3, -0.25) is 9.59 Å². The first-order valence-corrected chi connectivity index (χ1v) is 44.2. The maximum absolute atomic E-state index is 12.4. The Morgan fingerprint density at radius 1 is 0.234 bits per heavy atom. The Morgan fingerprint density at radius 3 is 0.574 bits per heavy atom. The van der Waals surface area contributed by atoms with Crippen LogP contribution in [0.15, 0.2) is 12.2 Å². The zero-order valence-electron chi connectivity index (χ0n) is 64.8. The third kappa shape index (κ3) is 83.1. The summed E-state index contributed by atoms with van der Waals surface area (Å²) >= 11 is 0. The number of hydrogen-bond donors (Lipinski definition) is 1. The standard InChI is InChI=1S/C89H174O5/c1-3-5-7-9-11-13-15-17-19-21-23-25-27-29-31-33-35-37-39-41-43-44-46-48-50-52-54-56-58-60-62-64-66-68-70-72-74-76-78-80-82-84-89(92)94-87(85-90)86-93-88(91)83-81-79-77-75-73-71-69-67-65-63-61-59-57-55-53-51-49-47-45-42-40-38-36-34-32-30-28-26-24-22-20-18-16-14-12-10-8-6-4-2/h21,23,87,90H,3-20,22,24-86H2,1-2H3/b23-21-. The van der Waals surface area contributed by atoms with Gasteiger partial charge in [-0.15, -0.1) is 0 Å². The third-order valence-corrected chi connectivity index (χ3v) is 21.1. The van der Waals surface area contributed by atoms with Crippen LogP contribution in [0.2, 0.25) is 0 Å². The number of allylic oxidation sites excluding steroid dienone is 2. The summed E-state index contributed by atoms with van der Waals surface area (Å²) in [6.45, 7) is 4.23. The number of aliphatic hydroxyl groups excluding tert-OH is 1. The molecule has 5 nitrogen and oxygen atoms in total. The van der Waals surface area contributed by atoms with Crippen LogP contribution in [0.1, 0.15) is 528 Å². The first kappa shape index (κ1) is 92.6. The molecule has 0 aliphatic carbocycles. The molecule has 0 aromatic heterocycles. The molecule has 0 aromatic carbocycles. The summed E-state index contributed by atoms with van der Waals surface area (Å²) in [5, 5.41) is 9.74. The van der Waals surface area contributed by atoms with Crippen molar-refractivity contribution in [2.75, 3.05) is 13.2 Å². The monoisotopic (exact) mass is 1320 g/mol. The van der Waals surface area contributed by atoms with Crippen molar-refractivity contribution in [2.24, 2.45) is 0 Å². The van der Waals surface area contributed by atoms with Crippen LogP contribution in [0, 0.1) is 0 Å². The maximum Gasteiger partial charge on any atom is 0.306 e. The van der Waals surface area contributed by atoms with Gasteiger partial charge < -0.3 is 14.6 Å². The highest BCUT2D eigenvalue weighted by Crippen LogP contribution is 2.22. The molecule has 0 heterocycles. The molecule has 0 saturated heterocycles. The molecule has 1 unspecified atom stereocenters. The van der Waals surface area contributed by atoms with Crippen LogP contribution in [-0.2, 0) is 19.1 Å². The molecule has 5 heteroatoms. The van der Waals surface area contributed by atoms with Crippen LogP contribution in [0.5, 0.6) is 0 Å². The normalized spacial score (nSPS) is 12.1. The quantitative estimate of drug-likeness (QED) is 0.0373. The molecule has 0 amide bonds. The predicted molar refractivity (Wildman–Crippen MR) is 418 cm³/mol. The van der Waals surface area contributed by atoms with Gasteiger partial charge in [0.15, 0.2) is 6.10 Å². The second kappa shape index (κ2) is 85.9. The highest BCUT2D eigenvalue weighted by Gasteiger charge is 2.16. The predicted octanol–water partition coefficient (Wildman–Crippen LogP) is 31.2. The number of hydrogen-bond acceptors (Lipinski definition) is 5. The van der Waals surface area contributed by atoms with E-state index in [4.69, 9.17) is 9.47 Å². The number of carbonyl (C=O) groups is 2. The summed E-state index contributed by atoms with van der Waals surface area (Å²) in [6, 6.07) is 0. The Labute approximate surface area is 592 Å². The van der Waals surface area contributed by atoms with Gasteiger partial charge in [-0.1, -0.05) is 488 Å². The Balaban J connectivity index is 3.32. The van der Waals surface area contributed by atoms with Crippen molar-refractivity contribution in [2.45, 2.75) is 534 Å². The second-order valence-corrected chi connectivity index (χ2v) is 30.7. The van der Waals surface area contributed by atoms with E-state index in [1.807, 2.05) is 0 Å². The summed E-state index contributed by atoms with van der Waals surface area (Å²) < 4.78 is 10.8. The van der Waals surface area contributed by atoms with Crippen LogP contribution >= 0.6 is 0 Å². The Hall–Kier alpha value is -1.36. The van der Waals surface area contributed by atoms with Gasteiger partial charge in [0.25, 0.3) is 0 Å². The highest BCUT2D eigenvalue weighted by molar-refractivity contribution is 5.70. The van der Waals surface area contributed by atoms with Crippen molar-refractivity contribution in [3.63, 3.8) is 0 Å². The van der Waals surface area contributed by atoms with Crippen molar-refractivity contribution in [1.29, 1.82) is 0 Å². The van der Waals surface area contributed by atoms with Crippen LogP contribution in [0.3, 0.4) is 0 Å². The molecule has 0 fully saturated rings. The molecular weight excluding hydrogens is 1150 g/mol. The molecule has 0 rings (SSSR count). The lowest BCUT2D eigenvalue weighted by Crippen LogP contribution is -2.28. The van der Waals surface area contributed by atoms with Gasteiger partial charge in [-0.2, -0.15) is 0 Å². The van der Waals surface area contributed by atoms with E-state index in [-0.39, 0.29) is 25.2 Å². The van der Waals surface area contributed by atoms with Gasteiger partial charge in [-0.25, -0.2) is 0 Å². The van der Waals surface area contributed by atoms with Crippen LogP contribution < -0.4 is 0 Å². The van der Waals surface area contributed by atoms with E-state index in [9.17, 15) is 14.7 Å². The molecule has 0 aliphatic rings. The second-order valence-electron chi connectivity index (χ2n) is 30.7. The molecule has 0 saturated carbocycles. The number of unbranched alkanes of at least 4 members (excludes halogenated alkanes) is 75. The summed E-state index contributed by atoms with van der Waals surface area (Å²) in [6.07, 6.45) is 114. The minimum atomic E-state index is -0.768. The lowest BCUT2D eigenvalue weighted by Gasteiger charge is -2.15. The molecule has 94 heavy (non-hydrogen) atoms. The number of esters is 2. The zero-order valence-corrected chi connectivity index (χ0v) is 64.8. The van der Waals surface area contributed by atoms with E-state index in [1.165, 1.54) is 469 Å². The number of rotatable bonds is 85. The van der Waals surface area contributed by atoms with E-state index in [0.717, 1.165) is 32.1 Å². The van der Waals surface area contributed by atoms with E-state index in [2.05, 4.69) is 26.0 Å². The molecule has 0 aliphatic heterocycles. The number of aliphatic hydroxyl groups is 1. The maximum atomic E-state index is 12.4. The van der Waals surface area contributed by atoms with Gasteiger partial charge in [0.1, 0.15) is 6.61 Å². The van der Waals surface area contributed by atoms with E-state index in [0.29, 0.717) is 12.8 Å². The Bertz CT molecular complexity index is 1410. The average molecular weight is 1320 g/mol. The SMILES string of the molecule is CCCCCCCCCC/C=C\CCCCCCCCCCCCCCCCCCCCCCCCCCCCCCCC(=O)OC(CO)COC(=O)CCCCCCCCCCCCCCCCCCCCCCCCCCCCCCCCCCCCCCCCC. The highest BCUT2D eigenvalue weighted by atomic mass is 16.6. The lowest BCUT2D eigenvalue weighted by molar-refractivity contribution is -0.161. The van der Waals surface area contributed by atoms with Crippen LogP contribution in [0.4, 0.5) is 0 Å². The van der Waals surface area contributed by atoms with E-state index < -0.39 is 6.10 Å². The molecule has 1 atom stereocenters. The van der Waals surface area contributed by atoms with Crippen molar-refractivity contribution in [3.05, 3.63) is 12.2 Å². The average Bonchev–Trinajstić information content (AvgIpc) is 3.77. The summed E-state index contributed by atoms with van der Waals surface area (Å²) in [4.78, 5) is 24.8. The van der Waals surface area contributed by atoms with Gasteiger partial charge in [0.05, 0.1) is 6.61 Å². The summed E-state index contributed by atoms with van der Waals surface area (Å²) in [7, 11) is 0. The first-order chi connectivity index (χ1) is 46.6. The van der Waals surface area contributed by atoms with Crippen molar-refractivity contribution in [1.82, 2.24) is 0 Å².